The summed E-state index contributed by atoms with van der Waals surface area (Å²) in [4.78, 5) is 34.0. The highest BCUT2D eigenvalue weighted by Crippen LogP contribution is 2.37. The Balaban J connectivity index is 2.50. The minimum Gasteiger partial charge on any atom is -0.465 e. The first kappa shape index (κ1) is 22.6. The lowest BCUT2D eigenvalue weighted by Crippen LogP contribution is -2.16. The molecule has 0 bridgehead atoms. The summed E-state index contributed by atoms with van der Waals surface area (Å²) < 4.78 is 81.9. The molecule has 0 aliphatic heterocycles. The number of nitro groups is 1. The third-order valence-corrected chi connectivity index (χ3v) is 3.66. The number of non-ortho nitro benzene ring substituents is 1. The van der Waals surface area contributed by atoms with E-state index in [0.717, 1.165) is 19.2 Å². The van der Waals surface area contributed by atoms with Crippen LogP contribution >= 0.6 is 0 Å². The number of nitrogens with one attached hydrogen (secondary N) is 1. The number of methoxy groups -OCH3 is 1. The van der Waals surface area contributed by atoms with E-state index in [1.165, 1.54) is 0 Å². The van der Waals surface area contributed by atoms with E-state index < -0.39 is 62.8 Å². The van der Waals surface area contributed by atoms with Crippen LogP contribution in [0.1, 0.15) is 31.8 Å². The van der Waals surface area contributed by atoms with Crippen molar-refractivity contribution >= 4 is 23.3 Å². The number of nitrogens with zero attached hydrogens (tertiary/aromatic N) is 1. The van der Waals surface area contributed by atoms with Crippen molar-refractivity contribution in [2.45, 2.75) is 12.4 Å². The molecule has 7 nitrogen and oxygen atoms in total. The number of carbonyl (C=O) groups is 2. The van der Waals surface area contributed by atoms with Crippen LogP contribution in [0, 0.1) is 10.1 Å². The number of ether oxygens (including phenoxy) is 1. The number of halogens is 6. The zero-order chi connectivity index (χ0) is 22.9. The molecule has 0 aliphatic carbocycles. The van der Waals surface area contributed by atoms with Gasteiger partial charge in [-0.05, 0) is 24.3 Å². The van der Waals surface area contributed by atoms with Gasteiger partial charge in [0.15, 0.2) is 0 Å². The van der Waals surface area contributed by atoms with Crippen molar-refractivity contribution in [3.8, 4) is 0 Å². The molecule has 30 heavy (non-hydrogen) atoms. The van der Waals surface area contributed by atoms with Crippen molar-refractivity contribution < 1.29 is 45.6 Å². The van der Waals surface area contributed by atoms with E-state index in [0.29, 0.717) is 6.07 Å². The predicted octanol–water partition coefficient (Wildman–Crippen LogP) is 4.67. The van der Waals surface area contributed by atoms with Gasteiger partial charge in [0, 0.05) is 23.4 Å². The molecule has 2 aromatic carbocycles. The molecule has 1 amide bonds. The third-order valence-electron chi connectivity index (χ3n) is 3.66. The molecule has 0 saturated heterocycles. The normalized spacial score (nSPS) is 11.7. The molecule has 1 N–H and O–H groups in total. The first-order valence-corrected chi connectivity index (χ1v) is 7.71. The van der Waals surface area contributed by atoms with Gasteiger partial charge in [0.1, 0.15) is 0 Å². The highest BCUT2D eigenvalue weighted by atomic mass is 19.4. The maximum Gasteiger partial charge on any atom is 0.416 e. The number of rotatable bonds is 4. The van der Waals surface area contributed by atoms with Crippen LogP contribution in [-0.4, -0.2) is 23.9 Å². The van der Waals surface area contributed by atoms with Crippen LogP contribution in [0.15, 0.2) is 36.4 Å². The molecule has 0 saturated carbocycles. The Labute approximate surface area is 163 Å². The van der Waals surface area contributed by atoms with E-state index in [9.17, 15) is 46.0 Å². The Morgan fingerprint density at radius 1 is 0.900 bits per heavy atom. The van der Waals surface area contributed by atoms with Gasteiger partial charge in [0.2, 0.25) is 0 Å². The average molecular weight is 436 g/mol. The van der Waals surface area contributed by atoms with Gasteiger partial charge in [-0.25, -0.2) is 4.79 Å². The maximum atomic E-state index is 12.9. The molecule has 0 aliphatic rings. The summed E-state index contributed by atoms with van der Waals surface area (Å²) in [6, 6.07) is 2.73. The van der Waals surface area contributed by atoms with Crippen LogP contribution in [0.3, 0.4) is 0 Å². The molecule has 160 valence electrons. The van der Waals surface area contributed by atoms with Crippen LogP contribution in [0.4, 0.5) is 37.7 Å². The molecule has 0 radical (unpaired) electrons. The summed E-state index contributed by atoms with van der Waals surface area (Å²) in [6.45, 7) is 0. The lowest BCUT2D eigenvalue weighted by molar-refractivity contribution is -0.384. The Morgan fingerprint density at radius 3 is 1.83 bits per heavy atom. The van der Waals surface area contributed by atoms with E-state index in [1.807, 2.05) is 5.32 Å². The number of benzene rings is 2. The Bertz CT molecular complexity index is 984. The molecular formula is C17H10F6N2O5. The molecule has 0 atom stereocenters. The number of alkyl halides is 6. The summed E-state index contributed by atoms with van der Waals surface area (Å²) in [5.74, 6) is -2.33. The average Bonchev–Trinajstić information content (AvgIpc) is 2.65. The van der Waals surface area contributed by atoms with E-state index in [-0.39, 0.29) is 18.2 Å². The summed E-state index contributed by atoms with van der Waals surface area (Å²) >= 11 is 0. The summed E-state index contributed by atoms with van der Waals surface area (Å²) in [5, 5.41) is 12.8. The Hall–Kier alpha value is -3.64. The molecule has 0 spiro atoms. The fourth-order valence-corrected chi connectivity index (χ4v) is 2.31. The standard InChI is InChI=1S/C17H10F6N2O5/c1-30-15(27)9-2-8(3-13(4-9)25(28)29)14(26)24-12-6-10(16(18,19)20)5-11(7-12)17(21,22)23/h2-7H,1H3,(H,24,26). The predicted molar refractivity (Wildman–Crippen MR) is 88.8 cm³/mol. The van der Waals surface area contributed by atoms with Crippen molar-refractivity contribution in [1.29, 1.82) is 0 Å². The van der Waals surface area contributed by atoms with Crippen LogP contribution in [0.5, 0.6) is 0 Å². The second-order valence-corrected chi connectivity index (χ2v) is 5.77. The van der Waals surface area contributed by atoms with Gasteiger partial charge in [-0.15, -0.1) is 0 Å². The van der Waals surface area contributed by atoms with Crippen molar-refractivity contribution in [2.75, 3.05) is 12.4 Å². The van der Waals surface area contributed by atoms with Gasteiger partial charge >= 0.3 is 18.3 Å². The number of hydrogen-bond acceptors (Lipinski definition) is 5. The number of nitro benzene ring substituents is 1. The van der Waals surface area contributed by atoms with Gasteiger partial charge in [-0.1, -0.05) is 0 Å². The van der Waals surface area contributed by atoms with E-state index >= 15 is 0 Å². The number of anilines is 1. The fourth-order valence-electron chi connectivity index (χ4n) is 2.31. The summed E-state index contributed by atoms with van der Waals surface area (Å²) in [5.41, 5.74) is -5.88. The SMILES string of the molecule is COC(=O)c1cc(C(=O)Nc2cc(C(F)(F)F)cc(C(F)(F)F)c2)cc([N+](=O)[O-])c1. The van der Waals surface area contributed by atoms with Crippen LogP contribution in [0.2, 0.25) is 0 Å². The number of hydrogen-bond donors (Lipinski definition) is 1. The topological polar surface area (TPSA) is 98.5 Å². The second-order valence-electron chi connectivity index (χ2n) is 5.77. The van der Waals surface area contributed by atoms with E-state index in [1.54, 1.807) is 0 Å². The van der Waals surface area contributed by atoms with E-state index in [4.69, 9.17) is 0 Å². The number of carbonyl (C=O) groups excluding carboxylic acids is 2. The molecule has 2 aromatic rings. The zero-order valence-corrected chi connectivity index (χ0v) is 14.7. The summed E-state index contributed by atoms with van der Waals surface area (Å²) in [7, 11) is 0.961. The van der Waals surface area contributed by atoms with Gasteiger partial charge in [-0.2, -0.15) is 26.3 Å². The molecular weight excluding hydrogens is 426 g/mol. The van der Waals surface area contributed by atoms with Gasteiger partial charge in [-0.3, -0.25) is 14.9 Å². The smallest absolute Gasteiger partial charge is 0.416 e. The molecule has 2 rings (SSSR count). The van der Waals surface area contributed by atoms with Gasteiger partial charge < -0.3 is 10.1 Å². The molecule has 0 aromatic heterocycles. The maximum absolute atomic E-state index is 12.9. The first-order chi connectivity index (χ1) is 13.7. The first-order valence-electron chi connectivity index (χ1n) is 7.71. The Morgan fingerprint density at radius 2 is 1.40 bits per heavy atom. The number of amides is 1. The van der Waals surface area contributed by atoms with Crippen molar-refractivity contribution in [3.05, 3.63) is 68.8 Å². The Kier molecular flexibility index (Phi) is 6.04. The molecule has 0 heterocycles. The van der Waals surface area contributed by atoms with Crippen LogP contribution in [0.25, 0.3) is 0 Å². The fraction of sp³-hybridized carbons (Fsp3) is 0.176. The lowest BCUT2D eigenvalue weighted by atomic mass is 10.1. The zero-order valence-electron chi connectivity index (χ0n) is 14.7. The van der Waals surface area contributed by atoms with Gasteiger partial charge in [0.05, 0.1) is 28.7 Å². The minimum atomic E-state index is -5.13. The second kappa shape index (κ2) is 8.00. The molecule has 13 heteroatoms. The van der Waals surface area contributed by atoms with Crippen LogP contribution in [-0.2, 0) is 17.1 Å². The molecule has 0 unspecified atom stereocenters. The quantitative estimate of drug-likeness (QED) is 0.325. The number of esters is 1. The summed E-state index contributed by atoms with van der Waals surface area (Å²) in [6.07, 6.45) is -10.3. The van der Waals surface area contributed by atoms with Crippen molar-refractivity contribution in [1.82, 2.24) is 0 Å². The van der Waals surface area contributed by atoms with E-state index in [2.05, 4.69) is 4.74 Å². The van der Waals surface area contributed by atoms with Gasteiger partial charge in [0.25, 0.3) is 11.6 Å². The minimum absolute atomic E-state index is 0.127. The highest BCUT2D eigenvalue weighted by molar-refractivity contribution is 6.06. The monoisotopic (exact) mass is 436 g/mol. The third kappa shape index (κ3) is 5.24. The lowest BCUT2D eigenvalue weighted by Gasteiger charge is -2.15. The highest BCUT2D eigenvalue weighted by Gasteiger charge is 2.37. The van der Waals surface area contributed by atoms with Crippen molar-refractivity contribution in [3.63, 3.8) is 0 Å². The van der Waals surface area contributed by atoms with Crippen LogP contribution < -0.4 is 5.32 Å². The van der Waals surface area contributed by atoms with Crippen molar-refractivity contribution in [2.24, 2.45) is 0 Å². The largest absolute Gasteiger partial charge is 0.465 e. The molecule has 0 fully saturated rings.